The standard InChI is InChI=1S/C9H4F3IN2O2/c10-9(11,12)16-6-3-1-5(2-4-6)7-14-8(13)15-17-7/h1-4H. The number of benzene rings is 1. The van der Waals surface area contributed by atoms with Crippen molar-refractivity contribution in [3.63, 3.8) is 0 Å². The van der Waals surface area contributed by atoms with Gasteiger partial charge < -0.3 is 9.26 Å². The molecule has 0 saturated heterocycles. The quantitative estimate of drug-likeness (QED) is 0.776. The molecule has 0 fully saturated rings. The molecule has 0 aliphatic rings. The highest BCUT2D eigenvalue weighted by molar-refractivity contribution is 14.1. The zero-order valence-corrected chi connectivity index (χ0v) is 10.2. The maximum atomic E-state index is 11.9. The van der Waals surface area contributed by atoms with Crippen molar-refractivity contribution in [1.82, 2.24) is 10.1 Å². The molecule has 2 rings (SSSR count). The maximum absolute atomic E-state index is 11.9. The van der Waals surface area contributed by atoms with Gasteiger partial charge >= 0.3 is 6.36 Å². The number of aromatic nitrogens is 2. The first-order chi connectivity index (χ1) is 7.94. The van der Waals surface area contributed by atoms with E-state index in [-0.39, 0.29) is 11.6 Å². The summed E-state index contributed by atoms with van der Waals surface area (Å²) in [5, 5.41) is 3.56. The molecular weight excluding hydrogens is 352 g/mol. The van der Waals surface area contributed by atoms with E-state index in [1.807, 2.05) is 22.6 Å². The van der Waals surface area contributed by atoms with Gasteiger partial charge in [0.25, 0.3) is 5.89 Å². The van der Waals surface area contributed by atoms with E-state index in [0.717, 1.165) is 0 Å². The minimum atomic E-state index is -4.69. The number of hydrogen-bond acceptors (Lipinski definition) is 4. The molecule has 0 amide bonds. The number of hydrogen-bond donors (Lipinski definition) is 0. The first kappa shape index (κ1) is 12.1. The summed E-state index contributed by atoms with van der Waals surface area (Å²) >= 11 is 1.86. The van der Waals surface area contributed by atoms with Crippen LogP contribution in [0, 0.1) is 3.83 Å². The van der Waals surface area contributed by atoms with E-state index in [1.165, 1.54) is 24.3 Å². The summed E-state index contributed by atoms with van der Waals surface area (Å²) in [4.78, 5) is 3.93. The molecule has 1 heterocycles. The summed E-state index contributed by atoms with van der Waals surface area (Å²) in [7, 11) is 0. The second kappa shape index (κ2) is 4.51. The largest absolute Gasteiger partial charge is 0.573 e. The zero-order chi connectivity index (χ0) is 12.5. The van der Waals surface area contributed by atoms with E-state index in [2.05, 4.69) is 14.9 Å². The highest BCUT2D eigenvalue weighted by atomic mass is 127. The summed E-state index contributed by atoms with van der Waals surface area (Å²) in [6.45, 7) is 0. The van der Waals surface area contributed by atoms with E-state index in [4.69, 9.17) is 4.52 Å². The summed E-state index contributed by atoms with van der Waals surface area (Å²) in [6, 6.07) is 5.18. The normalized spacial score (nSPS) is 11.5. The molecule has 17 heavy (non-hydrogen) atoms. The Morgan fingerprint density at radius 2 is 1.82 bits per heavy atom. The van der Waals surface area contributed by atoms with Gasteiger partial charge in [0.15, 0.2) is 0 Å². The number of ether oxygens (including phenoxy) is 1. The highest BCUT2D eigenvalue weighted by Gasteiger charge is 2.31. The predicted molar refractivity (Wildman–Crippen MR) is 59.1 cm³/mol. The third-order valence-corrected chi connectivity index (χ3v) is 2.17. The number of halogens is 4. The lowest BCUT2D eigenvalue weighted by Gasteiger charge is -2.08. The van der Waals surface area contributed by atoms with Gasteiger partial charge in [-0.2, -0.15) is 4.98 Å². The molecule has 0 aliphatic heterocycles. The topological polar surface area (TPSA) is 48.2 Å². The molecule has 1 aromatic heterocycles. The molecule has 0 unspecified atom stereocenters. The molecule has 2 aromatic rings. The lowest BCUT2D eigenvalue weighted by molar-refractivity contribution is -0.274. The van der Waals surface area contributed by atoms with Crippen molar-refractivity contribution >= 4 is 22.6 Å². The van der Waals surface area contributed by atoms with Crippen molar-refractivity contribution < 1.29 is 22.4 Å². The molecule has 0 N–H and O–H groups in total. The maximum Gasteiger partial charge on any atom is 0.573 e. The molecule has 1 aromatic carbocycles. The summed E-state index contributed by atoms with van der Waals surface area (Å²) in [5.41, 5.74) is 0.523. The van der Waals surface area contributed by atoms with Crippen molar-refractivity contribution in [2.45, 2.75) is 6.36 Å². The van der Waals surface area contributed by atoms with Crippen LogP contribution in [0.25, 0.3) is 11.5 Å². The van der Waals surface area contributed by atoms with E-state index < -0.39 is 6.36 Å². The van der Waals surface area contributed by atoms with Crippen LogP contribution in [0.15, 0.2) is 28.8 Å². The van der Waals surface area contributed by atoms with Gasteiger partial charge in [-0.1, -0.05) is 5.16 Å². The predicted octanol–water partition coefficient (Wildman–Crippen LogP) is 3.24. The first-order valence-corrected chi connectivity index (χ1v) is 5.37. The molecular formula is C9H4F3IN2O2. The van der Waals surface area contributed by atoms with Gasteiger partial charge in [0.1, 0.15) is 5.75 Å². The monoisotopic (exact) mass is 356 g/mol. The second-order valence-corrected chi connectivity index (χ2v) is 3.91. The van der Waals surface area contributed by atoms with Crippen LogP contribution in [0.5, 0.6) is 5.75 Å². The lowest BCUT2D eigenvalue weighted by Crippen LogP contribution is -2.16. The molecule has 4 nitrogen and oxygen atoms in total. The van der Waals surface area contributed by atoms with Crippen molar-refractivity contribution in [3.05, 3.63) is 28.1 Å². The zero-order valence-electron chi connectivity index (χ0n) is 8.03. The van der Waals surface area contributed by atoms with Gasteiger partial charge in [-0.3, -0.25) is 0 Å². The number of alkyl halides is 3. The van der Waals surface area contributed by atoms with E-state index in [0.29, 0.717) is 9.39 Å². The van der Waals surface area contributed by atoms with Crippen LogP contribution >= 0.6 is 22.6 Å². The average Bonchev–Trinajstić information content (AvgIpc) is 2.63. The van der Waals surface area contributed by atoms with Crippen molar-refractivity contribution in [3.8, 4) is 17.2 Å². The second-order valence-electron chi connectivity index (χ2n) is 2.94. The Morgan fingerprint density at radius 3 is 2.29 bits per heavy atom. The Hall–Kier alpha value is -1.32. The minimum absolute atomic E-state index is 0.243. The number of rotatable bonds is 2. The molecule has 0 spiro atoms. The Morgan fingerprint density at radius 1 is 1.18 bits per heavy atom. The Labute approximate surface area is 107 Å². The Bertz CT molecular complexity index is 510. The Kier molecular flexibility index (Phi) is 3.22. The molecule has 0 radical (unpaired) electrons. The molecule has 0 aliphatic carbocycles. The highest BCUT2D eigenvalue weighted by Crippen LogP contribution is 2.25. The fourth-order valence-corrected chi connectivity index (χ4v) is 1.44. The van der Waals surface area contributed by atoms with Crippen LogP contribution in [-0.2, 0) is 0 Å². The molecule has 8 heteroatoms. The van der Waals surface area contributed by atoms with Crippen LogP contribution in [-0.4, -0.2) is 16.5 Å². The van der Waals surface area contributed by atoms with Crippen LogP contribution in [0.1, 0.15) is 0 Å². The fourth-order valence-electron chi connectivity index (χ4n) is 1.12. The van der Waals surface area contributed by atoms with E-state index in [9.17, 15) is 13.2 Å². The van der Waals surface area contributed by atoms with Crippen LogP contribution in [0.3, 0.4) is 0 Å². The van der Waals surface area contributed by atoms with Gasteiger partial charge in [-0.05, 0) is 24.3 Å². The van der Waals surface area contributed by atoms with Crippen molar-refractivity contribution in [2.75, 3.05) is 0 Å². The van der Waals surface area contributed by atoms with E-state index in [1.54, 1.807) is 0 Å². The lowest BCUT2D eigenvalue weighted by atomic mass is 10.2. The summed E-state index contributed by atoms with van der Waals surface area (Å²) < 4.78 is 44.7. The summed E-state index contributed by atoms with van der Waals surface area (Å²) in [6.07, 6.45) is -4.69. The van der Waals surface area contributed by atoms with E-state index >= 15 is 0 Å². The van der Waals surface area contributed by atoms with Gasteiger partial charge in [-0.25, -0.2) is 0 Å². The van der Waals surface area contributed by atoms with Crippen molar-refractivity contribution in [1.29, 1.82) is 0 Å². The van der Waals surface area contributed by atoms with Crippen LogP contribution < -0.4 is 4.74 Å². The van der Waals surface area contributed by atoms with Gasteiger partial charge in [0.2, 0.25) is 3.83 Å². The van der Waals surface area contributed by atoms with Gasteiger partial charge in [-0.15, -0.1) is 13.2 Å². The molecule has 0 saturated carbocycles. The molecule has 0 bridgehead atoms. The third-order valence-electron chi connectivity index (χ3n) is 1.74. The van der Waals surface area contributed by atoms with Crippen LogP contribution in [0.4, 0.5) is 13.2 Å². The van der Waals surface area contributed by atoms with Crippen LogP contribution in [0.2, 0.25) is 0 Å². The molecule has 90 valence electrons. The Balaban J connectivity index is 2.19. The van der Waals surface area contributed by atoms with Gasteiger partial charge in [0.05, 0.1) is 0 Å². The van der Waals surface area contributed by atoms with Gasteiger partial charge in [0, 0.05) is 28.2 Å². The average molecular weight is 356 g/mol. The molecule has 0 atom stereocenters. The minimum Gasteiger partial charge on any atom is -0.406 e. The summed E-state index contributed by atoms with van der Waals surface area (Å²) in [5.74, 6) is -0.0524. The van der Waals surface area contributed by atoms with Crippen molar-refractivity contribution in [2.24, 2.45) is 0 Å². The SMILES string of the molecule is FC(F)(F)Oc1ccc(-c2nc(I)no2)cc1. The first-order valence-electron chi connectivity index (χ1n) is 4.29. The smallest absolute Gasteiger partial charge is 0.406 e. The fraction of sp³-hybridized carbons (Fsp3) is 0.111. The number of nitrogens with zero attached hydrogens (tertiary/aromatic N) is 2. The third kappa shape index (κ3) is 3.32.